The van der Waals surface area contributed by atoms with Gasteiger partial charge in [0.15, 0.2) is 0 Å². The zero-order chi connectivity index (χ0) is 19.5. The maximum Gasteiger partial charge on any atom is 0.275 e. The molecule has 0 aliphatic carbocycles. The van der Waals surface area contributed by atoms with E-state index >= 15 is 0 Å². The number of aryl methyl sites for hydroxylation is 1. The van der Waals surface area contributed by atoms with E-state index in [0.717, 1.165) is 22.6 Å². The summed E-state index contributed by atoms with van der Waals surface area (Å²) in [6.07, 6.45) is 3.64. The number of nitrogens with zero attached hydrogens (tertiary/aromatic N) is 2. The van der Waals surface area contributed by atoms with E-state index in [-0.39, 0.29) is 11.9 Å². The standard InChI is InChI=1S/C23H22N4O/c1-16-12-13-27-15-21(26-22(27)14-16)23(28)25-20-10-8-19(9-11-20)24-17(2)18-6-4-3-5-7-18/h3-15,17,24H,1-2H3,(H,25,28). The molecule has 28 heavy (non-hydrogen) atoms. The second kappa shape index (κ2) is 7.56. The highest BCUT2D eigenvalue weighted by Crippen LogP contribution is 2.21. The second-order valence-corrected chi connectivity index (χ2v) is 6.90. The number of imidazole rings is 1. The van der Waals surface area contributed by atoms with Crippen LogP contribution in [0, 0.1) is 6.92 Å². The molecule has 0 aliphatic rings. The molecule has 0 saturated heterocycles. The fourth-order valence-electron chi connectivity index (χ4n) is 3.11. The molecule has 2 heterocycles. The van der Waals surface area contributed by atoms with Crippen molar-refractivity contribution in [2.45, 2.75) is 19.9 Å². The van der Waals surface area contributed by atoms with E-state index in [0.29, 0.717) is 5.69 Å². The number of benzene rings is 2. The Morgan fingerprint density at radius 1 is 1.00 bits per heavy atom. The molecule has 2 N–H and O–H groups in total. The van der Waals surface area contributed by atoms with Gasteiger partial charge in [-0.2, -0.15) is 0 Å². The van der Waals surface area contributed by atoms with Crippen molar-refractivity contribution in [1.82, 2.24) is 9.38 Å². The van der Waals surface area contributed by atoms with Gasteiger partial charge in [0.25, 0.3) is 5.91 Å². The molecular weight excluding hydrogens is 348 g/mol. The third-order valence-electron chi connectivity index (χ3n) is 4.67. The summed E-state index contributed by atoms with van der Waals surface area (Å²) in [5, 5.41) is 6.37. The molecular formula is C23H22N4O. The van der Waals surface area contributed by atoms with E-state index in [1.807, 2.05) is 72.1 Å². The van der Waals surface area contributed by atoms with Crippen LogP contribution in [0.2, 0.25) is 0 Å². The molecule has 2 aromatic heterocycles. The third kappa shape index (κ3) is 3.88. The number of hydrogen-bond donors (Lipinski definition) is 2. The summed E-state index contributed by atoms with van der Waals surface area (Å²) >= 11 is 0. The van der Waals surface area contributed by atoms with Crippen molar-refractivity contribution >= 4 is 22.9 Å². The Morgan fingerprint density at radius 2 is 1.71 bits per heavy atom. The predicted octanol–water partition coefficient (Wildman–Crippen LogP) is 5.07. The first-order valence-corrected chi connectivity index (χ1v) is 9.27. The van der Waals surface area contributed by atoms with E-state index in [4.69, 9.17) is 0 Å². The summed E-state index contributed by atoms with van der Waals surface area (Å²) in [6, 6.07) is 22.1. The fourth-order valence-corrected chi connectivity index (χ4v) is 3.11. The SMILES string of the molecule is Cc1ccn2cc(C(=O)Nc3ccc(NC(C)c4ccccc4)cc3)nc2c1. The number of anilines is 2. The monoisotopic (exact) mass is 370 g/mol. The minimum atomic E-state index is -0.222. The molecule has 4 rings (SSSR count). The Morgan fingerprint density at radius 3 is 2.46 bits per heavy atom. The number of pyridine rings is 1. The number of hydrogen-bond acceptors (Lipinski definition) is 3. The van der Waals surface area contributed by atoms with E-state index in [9.17, 15) is 4.79 Å². The van der Waals surface area contributed by atoms with Gasteiger partial charge in [-0.25, -0.2) is 4.98 Å². The lowest BCUT2D eigenvalue weighted by Crippen LogP contribution is -2.12. The maximum absolute atomic E-state index is 12.5. The minimum Gasteiger partial charge on any atom is -0.379 e. The van der Waals surface area contributed by atoms with Gasteiger partial charge in [0.05, 0.1) is 0 Å². The zero-order valence-corrected chi connectivity index (χ0v) is 15.9. The Bertz CT molecular complexity index is 1100. The molecule has 1 atom stereocenters. The highest BCUT2D eigenvalue weighted by Gasteiger charge is 2.11. The summed E-state index contributed by atoms with van der Waals surface area (Å²) in [5.41, 5.74) is 5.22. The highest BCUT2D eigenvalue weighted by atomic mass is 16.1. The van der Waals surface area contributed by atoms with E-state index in [1.54, 1.807) is 6.20 Å². The van der Waals surface area contributed by atoms with E-state index in [2.05, 4.69) is 34.7 Å². The first-order chi connectivity index (χ1) is 13.6. The molecule has 0 fully saturated rings. The van der Waals surface area contributed by atoms with Crippen molar-refractivity contribution < 1.29 is 4.79 Å². The summed E-state index contributed by atoms with van der Waals surface area (Å²) < 4.78 is 1.85. The predicted molar refractivity (Wildman–Crippen MR) is 113 cm³/mol. The molecule has 1 amide bonds. The Balaban J connectivity index is 1.42. The second-order valence-electron chi connectivity index (χ2n) is 6.90. The number of carbonyl (C=O) groups is 1. The molecule has 0 spiro atoms. The van der Waals surface area contributed by atoms with Gasteiger partial charge >= 0.3 is 0 Å². The molecule has 4 aromatic rings. The topological polar surface area (TPSA) is 58.4 Å². The molecule has 1 unspecified atom stereocenters. The van der Waals surface area contributed by atoms with Crippen LogP contribution in [0.1, 0.15) is 34.6 Å². The van der Waals surface area contributed by atoms with Gasteiger partial charge in [-0.15, -0.1) is 0 Å². The Hall–Kier alpha value is -3.60. The first-order valence-electron chi connectivity index (χ1n) is 9.27. The number of nitrogens with one attached hydrogen (secondary N) is 2. The number of rotatable bonds is 5. The van der Waals surface area contributed by atoms with Crippen LogP contribution < -0.4 is 10.6 Å². The molecule has 140 valence electrons. The van der Waals surface area contributed by atoms with Crippen molar-refractivity contribution in [3.63, 3.8) is 0 Å². The quantitative estimate of drug-likeness (QED) is 0.516. The van der Waals surface area contributed by atoms with E-state index in [1.165, 1.54) is 5.56 Å². The summed E-state index contributed by atoms with van der Waals surface area (Å²) in [6.45, 7) is 4.12. The van der Waals surface area contributed by atoms with Crippen LogP contribution in [0.3, 0.4) is 0 Å². The first kappa shape index (κ1) is 17.8. The molecule has 5 nitrogen and oxygen atoms in total. The van der Waals surface area contributed by atoms with Crippen molar-refractivity contribution in [1.29, 1.82) is 0 Å². The molecule has 0 saturated carbocycles. The van der Waals surface area contributed by atoms with E-state index < -0.39 is 0 Å². The fraction of sp³-hybridized carbons (Fsp3) is 0.130. The summed E-state index contributed by atoms with van der Waals surface area (Å²) in [5.74, 6) is -0.222. The third-order valence-corrected chi connectivity index (χ3v) is 4.67. The summed E-state index contributed by atoms with van der Waals surface area (Å²) in [4.78, 5) is 16.9. The number of amides is 1. The van der Waals surface area contributed by atoms with Gasteiger partial charge in [0.2, 0.25) is 0 Å². The van der Waals surface area contributed by atoms with Crippen LogP contribution in [0.5, 0.6) is 0 Å². The molecule has 0 bridgehead atoms. The molecule has 0 aliphatic heterocycles. The molecule has 5 heteroatoms. The van der Waals surface area contributed by atoms with Crippen molar-refractivity contribution in [3.8, 4) is 0 Å². The molecule has 2 aromatic carbocycles. The number of fused-ring (bicyclic) bond motifs is 1. The normalized spacial score (nSPS) is 11.9. The molecule has 0 radical (unpaired) electrons. The minimum absolute atomic E-state index is 0.197. The van der Waals surface area contributed by atoms with Gasteiger partial charge in [-0.1, -0.05) is 30.3 Å². The van der Waals surface area contributed by atoms with Gasteiger partial charge < -0.3 is 15.0 Å². The lowest BCUT2D eigenvalue weighted by Gasteiger charge is -2.16. The summed E-state index contributed by atoms with van der Waals surface area (Å²) in [7, 11) is 0. The zero-order valence-electron chi connectivity index (χ0n) is 15.9. The van der Waals surface area contributed by atoms with Crippen LogP contribution >= 0.6 is 0 Å². The average Bonchev–Trinajstić information content (AvgIpc) is 3.13. The largest absolute Gasteiger partial charge is 0.379 e. The Labute approximate surface area is 164 Å². The van der Waals surface area contributed by atoms with Crippen molar-refractivity contribution in [2.75, 3.05) is 10.6 Å². The highest BCUT2D eigenvalue weighted by molar-refractivity contribution is 6.03. The number of aromatic nitrogens is 2. The lowest BCUT2D eigenvalue weighted by molar-refractivity contribution is 0.102. The van der Waals surface area contributed by atoms with Crippen LogP contribution in [0.15, 0.2) is 79.1 Å². The maximum atomic E-state index is 12.5. The average molecular weight is 370 g/mol. The lowest BCUT2D eigenvalue weighted by atomic mass is 10.1. The van der Waals surface area contributed by atoms with Gasteiger partial charge in [-0.3, -0.25) is 4.79 Å². The van der Waals surface area contributed by atoms with Crippen molar-refractivity contribution in [2.24, 2.45) is 0 Å². The van der Waals surface area contributed by atoms with Crippen molar-refractivity contribution in [3.05, 3.63) is 95.9 Å². The van der Waals surface area contributed by atoms with Crippen LogP contribution in [0.25, 0.3) is 5.65 Å². The van der Waals surface area contributed by atoms with Gasteiger partial charge in [0.1, 0.15) is 11.3 Å². The smallest absolute Gasteiger partial charge is 0.275 e. The van der Waals surface area contributed by atoms with Crippen LogP contribution in [-0.4, -0.2) is 15.3 Å². The van der Waals surface area contributed by atoms with Gasteiger partial charge in [-0.05, 0) is 61.4 Å². The van der Waals surface area contributed by atoms with Crippen LogP contribution in [0.4, 0.5) is 11.4 Å². The Kier molecular flexibility index (Phi) is 4.81. The number of carbonyl (C=O) groups excluding carboxylic acids is 1. The van der Waals surface area contributed by atoms with Crippen LogP contribution in [-0.2, 0) is 0 Å². The van der Waals surface area contributed by atoms with Gasteiger partial charge in [0, 0.05) is 29.8 Å².